The summed E-state index contributed by atoms with van der Waals surface area (Å²) in [5, 5.41) is 3.02. The fourth-order valence-corrected chi connectivity index (χ4v) is 3.12. The SMILES string of the molecule is CCCOc1ccc(NC(=O)C2(c3ccccc3)CCOCC2)cn1. The van der Waals surface area contributed by atoms with Crippen molar-refractivity contribution in [1.29, 1.82) is 0 Å². The summed E-state index contributed by atoms with van der Waals surface area (Å²) in [5.74, 6) is 0.565. The van der Waals surface area contributed by atoms with Gasteiger partial charge in [0.1, 0.15) is 0 Å². The van der Waals surface area contributed by atoms with Crippen molar-refractivity contribution in [1.82, 2.24) is 4.98 Å². The molecule has 1 aromatic carbocycles. The molecular weight excluding hydrogens is 316 g/mol. The van der Waals surface area contributed by atoms with E-state index >= 15 is 0 Å². The lowest BCUT2D eigenvalue weighted by Crippen LogP contribution is -2.44. The summed E-state index contributed by atoms with van der Waals surface area (Å²) in [7, 11) is 0. The van der Waals surface area contributed by atoms with E-state index in [1.54, 1.807) is 12.3 Å². The van der Waals surface area contributed by atoms with Gasteiger partial charge in [0.25, 0.3) is 0 Å². The number of amides is 1. The minimum atomic E-state index is -0.559. The van der Waals surface area contributed by atoms with Gasteiger partial charge < -0.3 is 14.8 Å². The highest BCUT2D eigenvalue weighted by Crippen LogP contribution is 2.36. The van der Waals surface area contributed by atoms with Gasteiger partial charge in [0.05, 0.1) is 23.9 Å². The number of nitrogens with zero attached hydrogens (tertiary/aromatic N) is 1. The minimum Gasteiger partial charge on any atom is -0.478 e. The smallest absolute Gasteiger partial charge is 0.235 e. The van der Waals surface area contributed by atoms with E-state index in [0.717, 1.165) is 12.0 Å². The van der Waals surface area contributed by atoms with Crippen LogP contribution in [-0.2, 0) is 14.9 Å². The maximum absolute atomic E-state index is 13.1. The molecule has 0 spiro atoms. The Morgan fingerprint density at radius 1 is 1.20 bits per heavy atom. The summed E-state index contributed by atoms with van der Waals surface area (Å²) in [6.45, 7) is 3.86. The number of carbonyl (C=O) groups is 1. The first-order valence-corrected chi connectivity index (χ1v) is 8.78. The van der Waals surface area contributed by atoms with E-state index in [4.69, 9.17) is 9.47 Å². The van der Waals surface area contributed by atoms with Gasteiger partial charge in [-0.05, 0) is 30.9 Å². The molecule has 1 fully saturated rings. The number of hydrogen-bond acceptors (Lipinski definition) is 4. The first kappa shape index (κ1) is 17.4. The zero-order chi connectivity index (χ0) is 17.5. The van der Waals surface area contributed by atoms with Gasteiger partial charge in [-0.3, -0.25) is 4.79 Å². The fraction of sp³-hybridized carbons (Fsp3) is 0.400. The molecule has 0 bridgehead atoms. The lowest BCUT2D eigenvalue weighted by molar-refractivity contribution is -0.125. The van der Waals surface area contributed by atoms with E-state index in [1.165, 1.54) is 0 Å². The second-order valence-electron chi connectivity index (χ2n) is 6.25. The summed E-state index contributed by atoms with van der Waals surface area (Å²) in [6, 6.07) is 13.6. The van der Waals surface area contributed by atoms with Gasteiger partial charge in [0.2, 0.25) is 11.8 Å². The number of carbonyl (C=O) groups excluding carboxylic acids is 1. The highest BCUT2D eigenvalue weighted by molar-refractivity contribution is 5.99. The Bertz CT molecular complexity index is 680. The van der Waals surface area contributed by atoms with Gasteiger partial charge in [-0.1, -0.05) is 37.3 Å². The molecule has 0 saturated carbocycles. The quantitative estimate of drug-likeness (QED) is 0.873. The second-order valence-corrected chi connectivity index (χ2v) is 6.25. The molecule has 0 unspecified atom stereocenters. The van der Waals surface area contributed by atoms with Crippen LogP contribution in [0.5, 0.6) is 5.88 Å². The van der Waals surface area contributed by atoms with Crippen LogP contribution in [0, 0.1) is 0 Å². The molecule has 1 saturated heterocycles. The third kappa shape index (κ3) is 3.99. The summed E-state index contributed by atoms with van der Waals surface area (Å²) in [5.41, 5.74) is 1.15. The Morgan fingerprint density at radius 3 is 2.60 bits per heavy atom. The standard InChI is InChI=1S/C20H24N2O3/c1-2-12-25-18-9-8-17(15-21-18)22-19(23)20(10-13-24-14-11-20)16-6-4-3-5-7-16/h3-9,15H,2,10-14H2,1H3,(H,22,23). The van der Waals surface area contributed by atoms with Crippen LogP contribution in [0.25, 0.3) is 0 Å². The van der Waals surface area contributed by atoms with Crippen molar-refractivity contribution < 1.29 is 14.3 Å². The molecule has 1 N–H and O–H groups in total. The molecule has 5 heteroatoms. The molecular formula is C20H24N2O3. The highest BCUT2D eigenvalue weighted by Gasteiger charge is 2.41. The third-order valence-corrected chi connectivity index (χ3v) is 4.56. The molecule has 5 nitrogen and oxygen atoms in total. The summed E-state index contributed by atoms with van der Waals surface area (Å²) in [4.78, 5) is 17.4. The predicted octanol–water partition coefficient (Wildman–Crippen LogP) is 3.56. The van der Waals surface area contributed by atoms with Crippen LogP contribution < -0.4 is 10.1 Å². The Hall–Kier alpha value is -2.40. The van der Waals surface area contributed by atoms with Crippen LogP contribution in [0.3, 0.4) is 0 Å². The molecule has 1 amide bonds. The van der Waals surface area contributed by atoms with Crippen molar-refractivity contribution in [2.75, 3.05) is 25.1 Å². The van der Waals surface area contributed by atoms with E-state index in [-0.39, 0.29) is 5.91 Å². The van der Waals surface area contributed by atoms with Gasteiger partial charge in [-0.15, -0.1) is 0 Å². The molecule has 2 heterocycles. The number of pyridine rings is 1. The summed E-state index contributed by atoms with van der Waals surface area (Å²) in [6.07, 6.45) is 3.92. The van der Waals surface area contributed by atoms with Crippen LogP contribution in [0.1, 0.15) is 31.7 Å². The molecule has 132 valence electrons. The lowest BCUT2D eigenvalue weighted by Gasteiger charge is -2.36. The average molecular weight is 340 g/mol. The Balaban J connectivity index is 1.77. The van der Waals surface area contributed by atoms with Crippen LogP contribution in [0.15, 0.2) is 48.7 Å². The van der Waals surface area contributed by atoms with Crippen LogP contribution in [0.4, 0.5) is 5.69 Å². The van der Waals surface area contributed by atoms with Crippen molar-refractivity contribution in [2.24, 2.45) is 0 Å². The summed E-state index contributed by atoms with van der Waals surface area (Å²) >= 11 is 0. The van der Waals surface area contributed by atoms with E-state index in [2.05, 4.69) is 10.3 Å². The molecule has 2 aromatic rings. The number of nitrogens with one attached hydrogen (secondary N) is 1. The van der Waals surface area contributed by atoms with Crippen LogP contribution in [-0.4, -0.2) is 30.7 Å². The topological polar surface area (TPSA) is 60.5 Å². The van der Waals surface area contributed by atoms with Gasteiger partial charge in [0.15, 0.2) is 0 Å². The normalized spacial score (nSPS) is 16.2. The molecule has 0 radical (unpaired) electrons. The maximum atomic E-state index is 13.1. The van der Waals surface area contributed by atoms with E-state index in [9.17, 15) is 4.79 Å². The van der Waals surface area contributed by atoms with E-state index in [0.29, 0.717) is 44.2 Å². The molecule has 25 heavy (non-hydrogen) atoms. The van der Waals surface area contributed by atoms with Gasteiger partial charge in [0, 0.05) is 19.3 Å². The molecule has 0 aliphatic carbocycles. The van der Waals surface area contributed by atoms with Crippen molar-refractivity contribution >= 4 is 11.6 Å². The van der Waals surface area contributed by atoms with Gasteiger partial charge >= 0.3 is 0 Å². The van der Waals surface area contributed by atoms with Crippen molar-refractivity contribution in [2.45, 2.75) is 31.6 Å². The maximum Gasteiger partial charge on any atom is 0.235 e. The fourth-order valence-electron chi connectivity index (χ4n) is 3.12. The number of anilines is 1. The minimum absolute atomic E-state index is 0.00831. The second kappa shape index (κ2) is 8.12. The Morgan fingerprint density at radius 2 is 1.96 bits per heavy atom. The van der Waals surface area contributed by atoms with Crippen molar-refractivity contribution in [3.8, 4) is 5.88 Å². The monoisotopic (exact) mass is 340 g/mol. The molecule has 1 aliphatic heterocycles. The van der Waals surface area contributed by atoms with Gasteiger partial charge in [-0.25, -0.2) is 4.98 Å². The number of rotatable bonds is 6. The van der Waals surface area contributed by atoms with Crippen molar-refractivity contribution in [3.63, 3.8) is 0 Å². The Labute approximate surface area is 148 Å². The number of benzene rings is 1. The first-order valence-electron chi connectivity index (χ1n) is 8.78. The first-order chi connectivity index (χ1) is 12.2. The molecule has 0 atom stereocenters. The highest BCUT2D eigenvalue weighted by atomic mass is 16.5. The summed E-state index contributed by atoms with van der Waals surface area (Å²) < 4.78 is 11.0. The molecule has 1 aliphatic rings. The van der Waals surface area contributed by atoms with Gasteiger partial charge in [-0.2, -0.15) is 0 Å². The van der Waals surface area contributed by atoms with E-state index < -0.39 is 5.41 Å². The lowest BCUT2D eigenvalue weighted by atomic mass is 9.73. The molecule has 3 rings (SSSR count). The molecule has 1 aromatic heterocycles. The van der Waals surface area contributed by atoms with Crippen molar-refractivity contribution in [3.05, 3.63) is 54.2 Å². The average Bonchev–Trinajstić information content (AvgIpc) is 2.68. The Kier molecular flexibility index (Phi) is 5.66. The number of aromatic nitrogens is 1. The largest absolute Gasteiger partial charge is 0.478 e. The zero-order valence-corrected chi connectivity index (χ0v) is 14.5. The zero-order valence-electron chi connectivity index (χ0n) is 14.5. The van der Waals surface area contributed by atoms with E-state index in [1.807, 2.05) is 43.3 Å². The van der Waals surface area contributed by atoms with Crippen LogP contribution >= 0.6 is 0 Å². The number of ether oxygens (including phenoxy) is 2. The third-order valence-electron chi connectivity index (χ3n) is 4.56. The number of hydrogen-bond donors (Lipinski definition) is 1. The predicted molar refractivity (Wildman–Crippen MR) is 96.8 cm³/mol. The van der Waals surface area contributed by atoms with Crippen LogP contribution in [0.2, 0.25) is 0 Å².